The van der Waals surface area contributed by atoms with E-state index in [0.717, 1.165) is 5.56 Å². The molecule has 0 aliphatic rings. The fourth-order valence-electron chi connectivity index (χ4n) is 1.35. The predicted octanol–water partition coefficient (Wildman–Crippen LogP) is 4.12. The van der Waals surface area contributed by atoms with Gasteiger partial charge in [-0.25, -0.2) is 14.4 Å². The fourth-order valence-corrected chi connectivity index (χ4v) is 2.42. The van der Waals surface area contributed by atoms with Gasteiger partial charge in [0.1, 0.15) is 15.0 Å². The van der Waals surface area contributed by atoms with E-state index < -0.39 is 0 Å². The van der Waals surface area contributed by atoms with Crippen LogP contribution < -0.4 is 0 Å². The van der Waals surface area contributed by atoms with Gasteiger partial charge in [-0.1, -0.05) is 6.07 Å². The normalized spacial score (nSPS) is 10.5. The quantitative estimate of drug-likeness (QED) is 0.727. The van der Waals surface area contributed by atoms with Crippen LogP contribution in [0.3, 0.4) is 0 Å². The van der Waals surface area contributed by atoms with Gasteiger partial charge in [0.2, 0.25) is 0 Å². The third-order valence-corrected chi connectivity index (χ3v) is 2.92. The summed E-state index contributed by atoms with van der Waals surface area (Å²) in [6.07, 6.45) is 0. The lowest BCUT2D eigenvalue weighted by molar-refractivity contribution is 0.627. The lowest BCUT2D eigenvalue weighted by atomic mass is 10.1. The maximum Gasteiger partial charge on any atom is 0.162 e. The van der Waals surface area contributed by atoms with Crippen molar-refractivity contribution in [1.29, 1.82) is 0 Å². The number of halogens is 3. The predicted molar refractivity (Wildman–Crippen MR) is 67.6 cm³/mol. The van der Waals surface area contributed by atoms with Gasteiger partial charge in [0.25, 0.3) is 0 Å². The molecule has 1 aromatic heterocycles. The Morgan fingerprint density at radius 3 is 2.31 bits per heavy atom. The summed E-state index contributed by atoms with van der Waals surface area (Å²) in [4.78, 5) is 8.43. The van der Waals surface area contributed by atoms with Crippen LogP contribution in [-0.2, 0) is 0 Å². The number of benzene rings is 1. The fraction of sp³-hybridized carbons (Fsp3) is 0.0909. The molecule has 0 atom stereocenters. The number of aromatic nitrogens is 2. The standard InChI is InChI=1S/C11H7Br2FN2/c1-6-2-3-7(14)4-8(6)11-15-9(12)5-10(13)16-11/h2-5H,1H3. The molecular formula is C11H7Br2FN2. The molecule has 0 fully saturated rings. The maximum atomic E-state index is 13.2. The Hall–Kier alpha value is -0.810. The van der Waals surface area contributed by atoms with Crippen LogP contribution >= 0.6 is 31.9 Å². The summed E-state index contributed by atoms with van der Waals surface area (Å²) in [5, 5.41) is 0. The monoisotopic (exact) mass is 344 g/mol. The molecule has 1 aromatic carbocycles. The van der Waals surface area contributed by atoms with Gasteiger partial charge < -0.3 is 0 Å². The van der Waals surface area contributed by atoms with Gasteiger partial charge in [-0.05, 0) is 56.5 Å². The molecule has 0 saturated heterocycles. The zero-order valence-corrected chi connectivity index (χ0v) is 11.5. The van der Waals surface area contributed by atoms with Gasteiger partial charge >= 0.3 is 0 Å². The molecule has 2 aromatic rings. The molecule has 16 heavy (non-hydrogen) atoms. The molecule has 2 nitrogen and oxygen atoms in total. The molecule has 0 amide bonds. The van der Waals surface area contributed by atoms with E-state index in [1.165, 1.54) is 12.1 Å². The minimum atomic E-state index is -0.291. The number of hydrogen-bond donors (Lipinski definition) is 0. The van der Waals surface area contributed by atoms with Gasteiger partial charge in [0, 0.05) is 11.6 Å². The topological polar surface area (TPSA) is 25.8 Å². The Balaban J connectivity index is 2.62. The smallest absolute Gasteiger partial charge is 0.162 e. The van der Waals surface area contributed by atoms with Crippen LogP contribution in [0.4, 0.5) is 4.39 Å². The minimum absolute atomic E-state index is 0.291. The second kappa shape index (κ2) is 4.59. The van der Waals surface area contributed by atoms with E-state index in [2.05, 4.69) is 41.8 Å². The average molecular weight is 346 g/mol. The molecule has 0 aliphatic carbocycles. The summed E-state index contributed by atoms with van der Waals surface area (Å²) < 4.78 is 14.5. The molecule has 0 spiro atoms. The van der Waals surface area contributed by atoms with E-state index in [9.17, 15) is 4.39 Å². The van der Waals surface area contributed by atoms with Crippen LogP contribution in [0.2, 0.25) is 0 Å². The zero-order chi connectivity index (χ0) is 11.7. The minimum Gasteiger partial charge on any atom is -0.221 e. The number of rotatable bonds is 1. The van der Waals surface area contributed by atoms with Crippen LogP contribution in [0, 0.1) is 12.7 Å². The molecule has 5 heteroatoms. The van der Waals surface area contributed by atoms with Crippen molar-refractivity contribution in [2.75, 3.05) is 0 Å². The SMILES string of the molecule is Cc1ccc(F)cc1-c1nc(Br)cc(Br)n1. The summed E-state index contributed by atoms with van der Waals surface area (Å²) in [5.74, 6) is 0.207. The Bertz CT molecular complexity index is 523. The first-order chi connectivity index (χ1) is 7.56. The lowest BCUT2D eigenvalue weighted by Gasteiger charge is -2.05. The molecule has 0 N–H and O–H groups in total. The van der Waals surface area contributed by atoms with E-state index in [1.807, 2.05) is 6.92 Å². The van der Waals surface area contributed by atoms with Crippen LogP contribution in [-0.4, -0.2) is 9.97 Å². The molecule has 0 bridgehead atoms. The van der Waals surface area contributed by atoms with E-state index in [1.54, 1.807) is 12.1 Å². The first-order valence-electron chi connectivity index (χ1n) is 4.53. The van der Waals surface area contributed by atoms with Crippen molar-refractivity contribution >= 4 is 31.9 Å². The Morgan fingerprint density at radius 2 is 1.69 bits per heavy atom. The van der Waals surface area contributed by atoms with Crippen LogP contribution in [0.5, 0.6) is 0 Å². The maximum absolute atomic E-state index is 13.2. The molecule has 0 saturated carbocycles. The molecule has 0 aliphatic heterocycles. The van der Waals surface area contributed by atoms with Crippen molar-refractivity contribution < 1.29 is 4.39 Å². The molecule has 0 unspecified atom stereocenters. The third kappa shape index (κ3) is 2.47. The first-order valence-corrected chi connectivity index (χ1v) is 6.11. The summed E-state index contributed by atoms with van der Waals surface area (Å²) in [5.41, 5.74) is 1.63. The molecule has 2 rings (SSSR count). The van der Waals surface area contributed by atoms with E-state index in [0.29, 0.717) is 20.6 Å². The van der Waals surface area contributed by atoms with Crippen molar-refractivity contribution in [2.24, 2.45) is 0 Å². The number of aryl methyl sites for hydroxylation is 1. The average Bonchev–Trinajstić information content (AvgIpc) is 2.20. The first kappa shape index (κ1) is 11.7. The van der Waals surface area contributed by atoms with Gasteiger partial charge in [-0.15, -0.1) is 0 Å². The Kier molecular flexibility index (Phi) is 3.35. The second-order valence-electron chi connectivity index (χ2n) is 3.30. The molecular weight excluding hydrogens is 339 g/mol. The highest BCUT2D eigenvalue weighted by Gasteiger charge is 2.08. The van der Waals surface area contributed by atoms with Gasteiger partial charge in [-0.3, -0.25) is 0 Å². The van der Waals surface area contributed by atoms with Crippen LogP contribution in [0.1, 0.15) is 5.56 Å². The van der Waals surface area contributed by atoms with Gasteiger partial charge in [0.15, 0.2) is 5.82 Å². The van der Waals surface area contributed by atoms with E-state index in [4.69, 9.17) is 0 Å². The van der Waals surface area contributed by atoms with E-state index in [-0.39, 0.29) is 5.82 Å². The van der Waals surface area contributed by atoms with Crippen LogP contribution in [0.15, 0.2) is 33.5 Å². The van der Waals surface area contributed by atoms with Crippen LogP contribution in [0.25, 0.3) is 11.4 Å². The summed E-state index contributed by atoms with van der Waals surface area (Å²) in [6, 6.07) is 6.30. The molecule has 1 heterocycles. The van der Waals surface area contributed by atoms with Gasteiger partial charge in [-0.2, -0.15) is 0 Å². The highest BCUT2D eigenvalue weighted by Crippen LogP contribution is 2.24. The Labute approximate surface area is 109 Å². The van der Waals surface area contributed by atoms with E-state index >= 15 is 0 Å². The number of nitrogens with zero attached hydrogens (tertiary/aromatic N) is 2. The lowest BCUT2D eigenvalue weighted by Crippen LogP contribution is -1.93. The molecule has 82 valence electrons. The summed E-state index contributed by atoms with van der Waals surface area (Å²) in [6.45, 7) is 1.90. The largest absolute Gasteiger partial charge is 0.221 e. The highest BCUT2D eigenvalue weighted by atomic mass is 79.9. The zero-order valence-electron chi connectivity index (χ0n) is 8.34. The van der Waals surface area contributed by atoms with Crippen molar-refractivity contribution in [3.8, 4) is 11.4 Å². The van der Waals surface area contributed by atoms with Crippen molar-refractivity contribution in [3.63, 3.8) is 0 Å². The summed E-state index contributed by atoms with van der Waals surface area (Å²) >= 11 is 6.56. The Morgan fingerprint density at radius 1 is 1.06 bits per heavy atom. The summed E-state index contributed by atoms with van der Waals surface area (Å²) in [7, 11) is 0. The molecule has 0 radical (unpaired) electrons. The third-order valence-electron chi connectivity index (χ3n) is 2.10. The van der Waals surface area contributed by atoms with Gasteiger partial charge in [0.05, 0.1) is 0 Å². The second-order valence-corrected chi connectivity index (χ2v) is 4.92. The van der Waals surface area contributed by atoms with Crippen molar-refractivity contribution in [2.45, 2.75) is 6.92 Å². The highest BCUT2D eigenvalue weighted by molar-refractivity contribution is 9.11. The number of hydrogen-bond acceptors (Lipinski definition) is 2. The van der Waals surface area contributed by atoms with Crippen molar-refractivity contribution in [3.05, 3.63) is 44.9 Å². The van der Waals surface area contributed by atoms with Crippen molar-refractivity contribution in [1.82, 2.24) is 9.97 Å².